The van der Waals surface area contributed by atoms with Gasteiger partial charge in [-0.15, -0.1) is 5.10 Å². The van der Waals surface area contributed by atoms with Crippen LogP contribution in [0.5, 0.6) is 17.4 Å². The Kier molecular flexibility index (Phi) is 5.38. The minimum atomic E-state index is -0.549. The number of aromatic amines is 1. The second-order valence-corrected chi connectivity index (χ2v) is 8.18. The first kappa shape index (κ1) is 20.9. The Hall–Kier alpha value is -3.99. The minimum Gasteiger partial charge on any atom is -0.493 e. The highest BCUT2D eigenvalue weighted by atomic mass is 19.1. The first-order valence-electron chi connectivity index (χ1n) is 10.9. The van der Waals surface area contributed by atoms with Crippen molar-refractivity contribution in [2.24, 2.45) is 5.73 Å². The molecule has 3 aromatic rings. The lowest BCUT2D eigenvalue weighted by Gasteiger charge is -2.25. The van der Waals surface area contributed by atoms with Crippen molar-refractivity contribution in [3.05, 3.63) is 70.9 Å². The van der Waals surface area contributed by atoms with Gasteiger partial charge in [0.25, 0.3) is 0 Å². The zero-order valence-corrected chi connectivity index (χ0v) is 18.1. The van der Waals surface area contributed by atoms with E-state index in [9.17, 15) is 9.65 Å². The van der Waals surface area contributed by atoms with Crippen molar-refractivity contribution in [2.45, 2.75) is 37.7 Å². The number of hydrogen-bond donors (Lipinski definition) is 2. The number of benzene rings is 2. The number of hydrogen-bond acceptors (Lipinski definition) is 6. The molecule has 0 radical (unpaired) electrons. The predicted molar refractivity (Wildman–Crippen MR) is 119 cm³/mol. The number of rotatable bonds is 5. The van der Waals surface area contributed by atoms with E-state index in [2.05, 4.69) is 16.3 Å². The minimum absolute atomic E-state index is 0.00240. The topological polar surface area (TPSA) is 106 Å². The average molecular weight is 446 g/mol. The molecule has 1 atom stereocenters. The number of nitrogens with zero attached hydrogens (tertiary/aromatic N) is 2. The van der Waals surface area contributed by atoms with Gasteiger partial charge in [-0.05, 0) is 67.6 Å². The van der Waals surface area contributed by atoms with Crippen LogP contribution in [0.15, 0.2) is 53.9 Å². The molecule has 1 fully saturated rings. The Morgan fingerprint density at radius 1 is 1.15 bits per heavy atom. The lowest BCUT2D eigenvalue weighted by Crippen LogP contribution is -2.21. The predicted octanol–water partition coefficient (Wildman–Crippen LogP) is 4.76. The van der Waals surface area contributed by atoms with E-state index in [1.807, 2.05) is 18.2 Å². The zero-order chi connectivity index (χ0) is 22.9. The van der Waals surface area contributed by atoms with Crippen molar-refractivity contribution in [1.82, 2.24) is 10.2 Å². The van der Waals surface area contributed by atoms with E-state index < -0.39 is 5.92 Å². The largest absolute Gasteiger partial charge is 0.493 e. The van der Waals surface area contributed by atoms with Gasteiger partial charge in [0.15, 0.2) is 11.5 Å². The molecule has 0 bridgehead atoms. The van der Waals surface area contributed by atoms with E-state index in [-0.39, 0.29) is 29.3 Å². The van der Waals surface area contributed by atoms with Gasteiger partial charge in [0.1, 0.15) is 17.5 Å². The Balaban J connectivity index is 1.60. The van der Waals surface area contributed by atoms with Crippen molar-refractivity contribution in [1.29, 1.82) is 5.26 Å². The van der Waals surface area contributed by atoms with Gasteiger partial charge < -0.3 is 19.9 Å². The van der Waals surface area contributed by atoms with E-state index in [1.165, 1.54) is 12.1 Å². The highest BCUT2D eigenvalue weighted by Gasteiger charge is 2.36. The first-order chi connectivity index (χ1) is 16.1. The number of nitrogens with two attached hydrogens (primary N) is 1. The second-order valence-electron chi connectivity index (χ2n) is 8.18. The van der Waals surface area contributed by atoms with E-state index in [0.717, 1.165) is 31.2 Å². The summed E-state index contributed by atoms with van der Waals surface area (Å²) in [6.45, 7) is 0. The van der Waals surface area contributed by atoms with Crippen LogP contribution in [0, 0.1) is 17.1 Å². The molecule has 0 saturated heterocycles. The number of H-pyrrole nitrogens is 1. The molecule has 1 aliphatic heterocycles. The second kappa shape index (κ2) is 8.51. The third kappa shape index (κ3) is 3.76. The van der Waals surface area contributed by atoms with Crippen molar-refractivity contribution in [2.75, 3.05) is 7.11 Å². The van der Waals surface area contributed by atoms with Crippen LogP contribution in [0.25, 0.3) is 11.3 Å². The van der Waals surface area contributed by atoms with Crippen LogP contribution in [0.4, 0.5) is 4.39 Å². The summed E-state index contributed by atoms with van der Waals surface area (Å²) in [5.74, 6) is 0.631. The molecule has 33 heavy (non-hydrogen) atoms. The van der Waals surface area contributed by atoms with Crippen LogP contribution in [-0.4, -0.2) is 23.4 Å². The van der Waals surface area contributed by atoms with Crippen molar-refractivity contribution in [3.63, 3.8) is 0 Å². The SMILES string of the molecule is COc1cc([C@H]2C(C#N)=C(N)Oc3n[nH]c(-c4ccc(F)cc4)c32)ccc1OC1CCCC1. The summed E-state index contributed by atoms with van der Waals surface area (Å²) in [6, 6.07) is 13.8. The van der Waals surface area contributed by atoms with Gasteiger partial charge in [0, 0.05) is 5.56 Å². The molecule has 3 N–H and O–H groups in total. The van der Waals surface area contributed by atoms with Crippen molar-refractivity contribution in [3.8, 4) is 34.7 Å². The maximum absolute atomic E-state index is 13.5. The van der Waals surface area contributed by atoms with Gasteiger partial charge in [-0.25, -0.2) is 4.39 Å². The van der Waals surface area contributed by atoms with Gasteiger partial charge in [-0.2, -0.15) is 5.26 Å². The summed E-state index contributed by atoms with van der Waals surface area (Å²) < 4.78 is 30.9. The molecule has 5 rings (SSSR count). The fraction of sp³-hybridized carbons (Fsp3) is 0.280. The molecular formula is C25H23FN4O3. The van der Waals surface area contributed by atoms with E-state index in [0.29, 0.717) is 28.3 Å². The molecular weight excluding hydrogens is 423 g/mol. The summed E-state index contributed by atoms with van der Waals surface area (Å²) in [6.07, 6.45) is 4.57. The Morgan fingerprint density at radius 3 is 2.61 bits per heavy atom. The Bertz CT molecular complexity index is 1250. The number of nitrogens with one attached hydrogen (secondary N) is 1. The van der Waals surface area contributed by atoms with Crippen LogP contribution < -0.4 is 19.9 Å². The van der Waals surface area contributed by atoms with Gasteiger partial charge in [-0.3, -0.25) is 5.10 Å². The standard InChI is InChI=1S/C25H23FN4O3/c1-31-20-12-15(8-11-19(20)32-17-4-2-3-5-17)21-18(13-27)24(28)33-25-22(21)23(29-30-25)14-6-9-16(26)10-7-14/h6-12,17,21H,2-5,28H2,1H3,(H,29,30)/t21-/m0/s1. The van der Waals surface area contributed by atoms with Crippen molar-refractivity contribution >= 4 is 0 Å². The van der Waals surface area contributed by atoms with Gasteiger partial charge in [0.2, 0.25) is 11.8 Å². The molecule has 168 valence electrons. The molecule has 2 heterocycles. The first-order valence-corrected chi connectivity index (χ1v) is 10.9. The molecule has 1 aliphatic carbocycles. The maximum Gasteiger partial charge on any atom is 0.244 e. The van der Waals surface area contributed by atoms with Crippen molar-refractivity contribution < 1.29 is 18.6 Å². The quantitative estimate of drug-likeness (QED) is 0.585. The summed E-state index contributed by atoms with van der Waals surface area (Å²) in [7, 11) is 1.59. The summed E-state index contributed by atoms with van der Waals surface area (Å²) in [4.78, 5) is 0. The van der Waals surface area contributed by atoms with Crippen LogP contribution in [-0.2, 0) is 0 Å². The summed E-state index contributed by atoms with van der Waals surface area (Å²) >= 11 is 0. The number of aromatic nitrogens is 2. The Morgan fingerprint density at radius 2 is 1.91 bits per heavy atom. The fourth-order valence-corrected chi connectivity index (χ4v) is 4.56. The molecule has 2 aliphatic rings. The molecule has 2 aromatic carbocycles. The lowest BCUT2D eigenvalue weighted by atomic mass is 9.83. The summed E-state index contributed by atoms with van der Waals surface area (Å²) in [5.41, 5.74) is 9.11. The van der Waals surface area contributed by atoms with E-state index in [1.54, 1.807) is 19.2 Å². The van der Waals surface area contributed by atoms with Crippen LogP contribution in [0.1, 0.15) is 42.7 Å². The number of fused-ring (bicyclic) bond motifs is 1. The number of methoxy groups -OCH3 is 1. The molecule has 8 heteroatoms. The zero-order valence-electron chi connectivity index (χ0n) is 18.1. The molecule has 0 spiro atoms. The van der Waals surface area contributed by atoms with Gasteiger partial charge in [0.05, 0.1) is 30.4 Å². The van der Waals surface area contributed by atoms with Gasteiger partial charge >= 0.3 is 0 Å². The Labute approximate surface area is 190 Å². The van der Waals surface area contributed by atoms with Crippen LogP contribution >= 0.6 is 0 Å². The fourth-order valence-electron chi connectivity index (χ4n) is 4.56. The van der Waals surface area contributed by atoms with Gasteiger partial charge in [-0.1, -0.05) is 6.07 Å². The molecule has 7 nitrogen and oxygen atoms in total. The number of allylic oxidation sites excluding steroid dienone is 1. The average Bonchev–Trinajstić information content (AvgIpc) is 3.49. The maximum atomic E-state index is 13.5. The van der Waals surface area contributed by atoms with Crippen LogP contribution in [0.2, 0.25) is 0 Å². The number of nitriles is 1. The van der Waals surface area contributed by atoms with E-state index >= 15 is 0 Å². The molecule has 1 aromatic heterocycles. The molecule has 1 saturated carbocycles. The van der Waals surface area contributed by atoms with Crippen LogP contribution in [0.3, 0.4) is 0 Å². The summed E-state index contributed by atoms with van der Waals surface area (Å²) in [5, 5.41) is 17.1. The molecule has 0 amide bonds. The smallest absolute Gasteiger partial charge is 0.244 e. The lowest BCUT2D eigenvalue weighted by molar-refractivity contribution is 0.200. The third-order valence-electron chi connectivity index (χ3n) is 6.19. The van der Waals surface area contributed by atoms with E-state index in [4.69, 9.17) is 19.9 Å². The monoisotopic (exact) mass is 446 g/mol. The normalized spacial score (nSPS) is 17.9. The molecule has 0 unspecified atom stereocenters. The highest BCUT2D eigenvalue weighted by Crippen LogP contribution is 2.47. The third-order valence-corrected chi connectivity index (χ3v) is 6.19. The number of ether oxygens (including phenoxy) is 3. The highest BCUT2D eigenvalue weighted by molar-refractivity contribution is 5.71. The number of halogens is 1.